The molecule has 0 saturated carbocycles. The van der Waals surface area contributed by atoms with Crippen molar-refractivity contribution in [1.29, 1.82) is 0 Å². The summed E-state index contributed by atoms with van der Waals surface area (Å²) in [6.07, 6.45) is -0.0657. The lowest BCUT2D eigenvalue weighted by molar-refractivity contribution is -0.136. The molecule has 2 rings (SSSR count). The molecule has 1 aromatic carbocycles. The molecule has 0 radical (unpaired) electrons. The van der Waals surface area contributed by atoms with Crippen molar-refractivity contribution in [3.05, 3.63) is 57.8 Å². The summed E-state index contributed by atoms with van der Waals surface area (Å²) in [5.41, 5.74) is 1.48. The van der Waals surface area contributed by atoms with Crippen LogP contribution in [0.15, 0.2) is 36.4 Å². The van der Waals surface area contributed by atoms with E-state index in [9.17, 15) is 9.59 Å². The molecule has 0 spiro atoms. The predicted molar refractivity (Wildman–Crippen MR) is 80.0 cm³/mol. The highest BCUT2D eigenvalue weighted by Gasteiger charge is 2.09. The quantitative estimate of drug-likeness (QED) is 0.846. The number of anilines is 1. The van der Waals surface area contributed by atoms with E-state index in [1.54, 1.807) is 24.3 Å². The Morgan fingerprint density at radius 2 is 1.67 bits per heavy atom. The van der Waals surface area contributed by atoms with Crippen LogP contribution in [0, 0.1) is 0 Å². The first-order valence-corrected chi connectivity index (χ1v) is 6.65. The Labute approximate surface area is 130 Å². The third-order valence-electron chi connectivity index (χ3n) is 2.59. The molecule has 0 bridgehead atoms. The largest absolute Gasteiger partial charge is 0.481 e. The maximum atomic E-state index is 12.0. The van der Waals surface area contributed by atoms with E-state index >= 15 is 0 Å². The van der Waals surface area contributed by atoms with Crippen molar-refractivity contribution < 1.29 is 14.7 Å². The van der Waals surface area contributed by atoms with E-state index in [-0.39, 0.29) is 28.2 Å². The van der Waals surface area contributed by atoms with Gasteiger partial charge in [-0.05, 0) is 29.8 Å². The number of carbonyl (C=O) groups is 2. The summed E-state index contributed by atoms with van der Waals surface area (Å²) in [7, 11) is 0. The summed E-state index contributed by atoms with van der Waals surface area (Å²) in [6.45, 7) is 0. The van der Waals surface area contributed by atoms with Crippen LogP contribution in [0.5, 0.6) is 0 Å². The molecule has 0 aliphatic carbocycles. The van der Waals surface area contributed by atoms with Gasteiger partial charge < -0.3 is 10.4 Å². The van der Waals surface area contributed by atoms with Crippen LogP contribution >= 0.6 is 23.2 Å². The van der Waals surface area contributed by atoms with E-state index in [4.69, 9.17) is 28.3 Å². The Hall–Kier alpha value is -2.11. The van der Waals surface area contributed by atoms with Gasteiger partial charge in [0.05, 0.1) is 6.42 Å². The van der Waals surface area contributed by atoms with E-state index in [1.807, 2.05) is 0 Å². The number of carboxylic acids is 1. The fourth-order valence-corrected chi connectivity index (χ4v) is 2.14. The number of benzene rings is 1. The standard InChI is InChI=1S/C14H10Cl2N2O3/c15-11-6-9(7-12(16)18-11)14(21)17-10-3-1-8(2-4-10)5-13(19)20/h1-4,6-7H,5H2,(H,17,21)(H,19,20). The van der Waals surface area contributed by atoms with Gasteiger partial charge in [0.15, 0.2) is 0 Å². The average molecular weight is 325 g/mol. The van der Waals surface area contributed by atoms with Crippen LogP contribution in [-0.4, -0.2) is 22.0 Å². The second-order valence-corrected chi connectivity index (χ2v) is 5.00. The summed E-state index contributed by atoms with van der Waals surface area (Å²) < 4.78 is 0. The zero-order valence-corrected chi connectivity index (χ0v) is 12.1. The van der Waals surface area contributed by atoms with Crippen molar-refractivity contribution >= 4 is 40.8 Å². The maximum Gasteiger partial charge on any atom is 0.307 e. The van der Waals surface area contributed by atoms with Crippen molar-refractivity contribution in [2.24, 2.45) is 0 Å². The molecule has 108 valence electrons. The molecule has 2 N–H and O–H groups in total. The topological polar surface area (TPSA) is 79.3 Å². The molecule has 0 aliphatic heterocycles. The van der Waals surface area contributed by atoms with E-state index in [0.29, 0.717) is 11.3 Å². The van der Waals surface area contributed by atoms with E-state index < -0.39 is 5.97 Å². The lowest BCUT2D eigenvalue weighted by Crippen LogP contribution is -2.12. The smallest absolute Gasteiger partial charge is 0.307 e. The number of hydrogen-bond donors (Lipinski definition) is 2. The van der Waals surface area contributed by atoms with E-state index in [2.05, 4.69) is 10.3 Å². The van der Waals surface area contributed by atoms with Crippen molar-refractivity contribution in [1.82, 2.24) is 4.98 Å². The van der Waals surface area contributed by atoms with Crippen LogP contribution in [-0.2, 0) is 11.2 Å². The van der Waals surface area contributed by atoms with Gasteiger partial charge in [-0.3, -0.25) is 9.59 Å². The number of carboxylic acid groups (broad SMARTS) is 1. The molecule has 1 amide bonds. The molecule has 0 saturated heterocycles. The highest BCUT2D eigenvalue weighted by Crippen LogP contribution is 2.17. The first kappa shape index (κ1) is 15.3. The lowest BCUT2D eigenvalue weighted by Gasteiger charge is -2.06. The van der Waals surface area contributed by atoms with Gasteiger partial charge in [-0.25, -0.2) is 4.98 Å². The van der Waals surface area contributed by atoms with Gasteiger partial charge in [0, 0.05) is 11.3 Å². The highest BCUT2D eigenvalue weighted by molar-refractivity contribution is 6.33. The van der Waals surface area contributed by atoms with Gasteiger partial charge in [0.1, 0.15) is 10.3 Å². The van der Waals surface area contributed by atoms with Crippen LogP contribution in [0.4, 0.5) is 5.69 Å². The molecular weight excluding hydrogens is 315 g/mol. The Kier molecular flexibility index (Phi) is 4.77. The number of carbonyl (C=O) groups excluding carboxylic acids is 1. The SMILES string of the molecule is O=C(O)Cc1ccc(NC(=O)c2cc(Cl)nc(Cl)c2)cc1. The van der Waals surface area contributed by atoms with Crippen LogP contribution < -0.4 is 5.32 Å². The van der Waals surface area contributed by atoms with Gasteiger partial charge in [-0.15, -0.1) is 0 Å². The monoisotopic (exact) mass is 324 g/mol. The van der Waals surface area contributed by atoms with Crippen LogP contribution in [0.3, 0.4) is 0 Å². The minimum absolute atomic E-state index is 0.0657. The zero-order valence-electron chi connectivity index (χ0n) is 10.6. The molecule has 0 atom stereocenters. The van der Waals surface area contributed by atoms with E-state index in [1.165, 1.54) is 12.1 Å². The third-order valence-corrected chi connectivity index (χ3v) is 2.98. The number of nitrogens with one attached hydrogen (secondary N) is 1. The van der Waals surface area contributed by atoms with Gasteiger partial charge in [-0.2, -0.15) is 0 Å². The molecule has 7 heteroatoms. The number of aromatic nitrogens is 1. The van der Waals surface area contributed by atoms with Crippen LogP contribution in [0.25, 0.3) is 0 Å². The first-order valence-electron chi connectivity index (χ1n) is 5.89. The molecule has 0 unspecified atom stereocenters. The summed E-state index contributed by atoms with van der Waals surface area (Å²) in [6, 6.07) is 9.33. The summed E-state index contributed by atoms with van der Waals surface area (Å²) in [5, 5.41) is 11.6. The number of pyridine rings is 1. The summed E-state index contributed by atoms with van der Waals surface area (Å²) in [5.74, 6) is -1.29. The number of amides is 1. The van der Waals surface area contributed by atoms with Crippen molar-refractivity contribution in [2.45, 2.75) is 6.42 Å². The first-order chi connectivity index (χ1) is 9.94. The van der Waals surface area contributed by atoms with Crippen molar-refractivity contribution in [3.8, 4) is 0 Å². The lowest BCUT2D eigenvalue weighted by atomic mass is 10.1. The van der Waals surface area contributed by atoms with Gasteiger partial charge in [0.2, 0.25) is 0 Å². The number of aliphatic carboxylic acids is 1. The molecule has 0 fully saturated rings. The Bertz CT molecular complexity index is 667. The molecular formula is C14H10Cl2N2O3. The Morgan fingerprint density at radius 3 is 2.19 bits per heavy atom. The average Bonchev–Trinajstić information content (AvgIpc) is 2.39. The van der Waals surface area contributed by atoms with Crippen LogP contribution in [0.1, 0.15) is 15.9 Å². The maximum absolute atomic E-state index is 12.0. The fourth-order valence-electron chi connectivity index (χ4n) is 1.68. The number of halogens is 2. The molecule has 2 aromatic rings. The van der Waals surface area contributed by atoms with Crippen molar-refractivity contribution in [2.75, 3.05) is 5.32 Å². The molecule has 21 heavy (non-hydrogen) atoms. The van der Waals surface area contributed by atoms with Gasteiger partial charge in [0.25, 0.3) is 5.91 Å². The molecule has 5 nitrogen and oxygen atoms in total. The number of nitrogens with zero attached hydrogens (tertiary/aromatic N) is 1. The number of rotatable bonds is 4. The minimum atomic E-state index is -0.909. The second-order valence-electron chi connectivity index (χ2n) is 4.22. The Morgan fingerprint density at radius 1 is 1.10 bits per heavy atom. The minimum Gasteiger partial charge on any atom is -0.481 e. The highest BCUT2D eigenvalue weighted by atomic mass is 35.5. The second kappa shape index (κ2) is 6.56. The summed E-state index contributed by atoms with van der Waals surface area (Å²) in [4.78, 5) is 26.4. The third kappa shape index (κ3) is 4.44. The van der Waals surface area contributed by atoms with Gasteiger partial charge in [-0.1, -0.05) is 35.3 Å². The Balaban J connectivity index is 2.10. The van der Waals surface area contributed by atoms with Crippen molar-refractivity contribution in [3.63, 3.8) is 0 Å². The molecule has 1 heterocycles. The van der Waals surface area contributed by atoms with E-state index in [0.717, 1.165) is 0 Å². The molecule has 0 aliphatic rings. The fraction of sp³-hybridized carbons (Fsp3) is 0.0714. The van der Waals surface area contributed by atoms with Gasteiger partial charge >= 0.3 is 5.97 Å². The zero-order chi connectivity index (χ0) is 15.4. The molecule has 1 aromatic heterocycles. The predicted octanol–water partition coefficient (Wildman–Crippen LogP) is 3.27. The number of hydrogen-bond acceptors (Lipinski definition) is 3. The normalized spacial score (nSPS) is 10.2. The summed E-state index contributed by atoms with van der Waals surface area (Å²) >= 11 is 11.5. The van der Waals surface area contributed by atoms with Crippen LogP contribution in [0.2, 0.25) is 10.3 Å².